The molecule has 1 fully saturated rings. The van der Waals surface area contributed by atoms with Crippen LogP contribution in [0, 0.1) is 5.82 Å². The van der Waals surface area contributed by atoms with Crippen molar-refractivity contribution >= 4 is 39.1 Å². The highest BCUT2D eigenvalue weighted by Gasteiger charge is 2.22. The Kier molecular flexibility index (Phi) is 7.44. The summed E-state index contributed by atoms with van der Waals surface area (Å²) in [5.74, 6) is -0.281. The van der Waals surface area contributed by atoms with E-state index in [1.807, 2.05) is 28.0 Å². The zero-order valence-electron chi connectivity index (χ0n) is 17.9. The lowest BCUT2D eigenvalue weighted by atomic mass is 10.1. The number of rotatable bonds is 8. The molecule has 32 heavy (non-hydrogen) atoms. The quantitative estimate of drug-likeness (QED) is 0.524. The summed E-state index contributed by atoms with van der Waals surface area (Å²) in [6, 6.07) is 13.9. The standard InChI is InChI=1S/C24H27FN4O2S/c25-18-9-11-19(12-10-18)26-22(30)17-28-13-15-29(16-14-28)24(31)8-4-3-7-23-27-20-5-1-2-6-21(20)32-23/h1-2,5-6,9-12H,3-4,7-8,13-17H2,(H,26,30). The fourth-order valence-corrected chi connectivity index (χ4v) is 4.84. The molecule has 1 saturated heterocycles. The Balaban J connectivity index is 1.12. The summed E-state index contributed by atoms with van der Waals surface area (Å²) in [7, 11) is 0. The van der Waals surface area contributed by atoms with Crippen LogP contribution in [0.1, 0.15) is 24.3 Å². The molecule has 6 nitrogen and oxygen atoms in total. The van der Waals surface area contributed by atoms with E-state index < -0.39 is 0 Å². The third-order valence-corrected chi connectivity index (χ3v) is 6.69. The van der Waals surface area contributed by atoms with Gasteiger partial charge in [-0.1, -0.05) is 12.1 Å². The van der Waals surface area contributed by atoms with E-state index in [-0.39, 0.29) is 24.2 Å². The fourth-order valence-electron chi connectivity index (χ4n) is 3.83. The molecule has 2 amide bonds. The number of aromatic nitrogens is 1. The van der Waals surface area contributed by atoms with E-state index in [1.54, 1.807) is 23.5 Å². The van der Waals surface area contributed by atoms with Crippen LogP contribution >= 0.6 is 11.3 Å². The average Bonchev–Trinajstić information content (AvgIpc) is 3.21. The van der Waals surface area contributed by atoms with E-state index in [1.165, 1.54) is 16.8 Å². The summed E-state index contributed by atoms with van der Waals surface area (Å²) in [4.78, 5) is 33.3. The number of hydrogen-bond acceptors (Lipinski definition) is 5. The fraction of sp³-hybridized carbons (Fsp3) is 0.375. The number of thiazole rings is 1. The van der Waals surface area contributed by atoms with Gasteiger partial charge in [-0.15, -0.1) is 11.3 Å². The summed E-state index contributed by atoms with van der Waals surface area (Å²) in [6.07, 6.45) is 3.27. The molecule has 3 aromatic rings. The van der Waals surface area contributed by atoms with Crippen molar-refractivity contribution in [3.8, 4) is 0 Å². The highest BCUT2D eigenvalue weighted by atomic mass is 32.1. The maximum absolute atomic E-state index is 13.0. The van der Waals surface area contributed by atoms with Crippen molar-refractivity contribution in [2.45, 2.75) is 25.7 Å². The summed E-state index contributed by atoms with van der Waals surface area (Å²) in [5.41, 5.74) is 1.63. The summed E-state index contributed by atoms with van der Waals surface area (Å²) in [6.45, 7) is 2.89. The van der Waals surface area contributed by atoms with Crippen LogP contribution in [0.2, 0.25) is 0 Å². The first-order valence-corrected chi connectivity index (χ1v) is 11.8. The van der Waals surface area contributed by atoms with E-state index in [2.05, 4.69) is 16.4 Å². The second kappa shape index (κ2) is 10.7. The highest BCUT2D eigenvalue weighted by Crippen LogP contribution is 2.23. The number of para-hydroxylation sites is 1. The largest absolute Gasteiger partial charge is 0.340 e. The Labute approximate surface area is 191 Å². The summed E-state index contributed by atoms with van der Waals surface area (Å²) in [5, 5.41) is 3.91. The second-order valence-corrected chi connectivity index (χ2v) is 9.11. The van der Waals surface area contributed by atoms with Crippen molar-refractivity contribution in [3.05, 3.63) is 59.4 Å². The van der Waals surface area contributed by atoms with E-state index in [4.69, 9.17) is 0 Å². The smallest absolute Gasteiger partial charge is 0.238 e. The third-order valence-electron chi connectivity index (χ3n) is 5.59. The van der Waals surface area contributed by atoms with Gasteiger partial charge in [0, 0.05) is 38.3 Å². The number of aryl methyl sites for hydroxylation is 1. The molecule has 168 valence electrons. The number of unbranched alkanes of at least 4 members (excludes halogenated alkanes) is 1. The van der Waals surface area contributed by atoms with Crippen LogP contribution < -0.4 is 5.32 Å². The predicted octanol–water partition coefficient (Wildman–Crippen LogP) is 3.93. The normalized spacial score (nSPS) is 14.6. The lowest BCUT2D eigenvalue weighted by Crippen LogP contribution is -2.50. The molecule has 0 aliphatic carbocycles. The highest BCUT2D eigenvalue weighted by molar-refractivity contribution is 7.18. The van der Waals surface area contributed by atoms with Crippen LogP contribution in [0.4, 0.5) is 10.1 Å². The monoisotopic (exact) mass is 454 g/mol. The molecule has 0 saturated carbocycles. The van der Waals surface area contributed by atoms with E-state index in [0.717, 1.165) is 29.8 Å². The van der Waals surface area contributed by atoms with Gasteiger partial charge in [0.15, 0.2) is 0 Å². The molecule has 0 bridgehead atoms. The number of anilines is 1. The van der Waals surface area contributed by atoms with Crippen molar-refractivity contribution in [2.75, 3.05) is 38.0 Å². The van der Waals surface area contributed by atoms with Crippen LogP contribution in [0.5, 0.6) is 0 Å². The van der Waals surface area contributed by atoms with Crippen molar-refractivity contribution < 1.29 is 14.0 Å². The predicted molar refractivity (Wildman–Crippen MR) is 125 cm³/mol. The van der Waals surface area contributed by atoms with E-state index >= 15 is 0 Å². The van der Waals surface area contributed by atoms with Gasteiger partial charge in [-0.05, 0) is 55.7 Å². The maximum atomic E-state index is 13.0. The molecule has 0 radical (unpaired) electrons. The lowest BCUT2D eigenvalue weighted by Gasteiger charge is -2.34. The molecule has 2 heterocycles. The Morgan fingerprint density at radius 3 is 2.50 bits per heavy atom. The molecule has 2 aromatic carbocycles. The van der Waals surface area contributed by atoms with Crippen molar-refractivity contribution in [2.24, 2.45) is 0 Å². The van der Waals surface area contributed by atoms with Gasteiger partial charge in [0.2, 0.25) is 11.8 Å². The number of hydrogen-bond donors (Lipinski definition) is 1. The number of halogens is 1. The minimum absolute atomic E-state index is 0.133. The Bertz CT molecular complexity index is 1030. The molecule has 0 spiro atoms. The van der Waals surface area contributed by atoms with Crippen LogP contribution in [-0.2, 0) is 16.0 Å². The van der Waals surface area contributed by atoms with Gasteiger partial charge in [-0.2, -0.15) is 0 Å². The first-order chi connectivity index (χ1) is 15.6. The zero-order chi connectivity index (χ0) is 22.3. The summed E-state index contributed by atoms with van der Waals surface area (Å²) < 4.78 is 14.2. The van der Waals surface area contributed by atoms with Gasteiger partial charge in [-0.3, -0.25) is 14.5 Å². The first kappa shape index (κ1) is 22.4. The first-order valence-electron chi connectivity index (χ1n) is 11.0. The third kappa shape index (κ3) is 6.11. The Morgan fingerprint density at radius 2 is 1.75 bits per heavy atom. The van der Waals surface area contributed by atoms with Crippen LogP contribution in [0.15, 0.2) is 48.5 Å². The number of nitrogens with one attached hydrogen (secondary N) is 1. The van der Waals surface area contributed by atoms with E-state index in [9.17, 15) is 14.0 Å². The van der Waals surface area contributed by atoms with Gasteiger partial charge in [0.25, 0.3) is 0 Å². The number of fused-ring (bicyclic) bond motifs is 1. The molecule has 8 heteroatoms. The Hall–Kier alpha value is -2.84. The van der Waals surface area contributed by atoms with Gasteiger partial charge >= 0.3 is 0 Å². The average molecular weight is 455 g/mol. The molecule has 0 atom stereocenters. The molecule has 4 rings (SSSR count). The molecule has 0 unspecified atom stereocenters. The minimum atomic E-state index is -0.333. The number of nitrogens with zero attached hydrogens (tertiary/aromatic N) is 3. The van der Waals surface area contributed by atoms with Crippen molar-refractivity contribution in [3.63, 3.8) is 0 Å². The van der Waals surface area contributed by atoms with Crippen molar-refractivity contribution in [1.82, 2.24) is 14.8 Å². The molecule has 1 aromatic heterocycles. The lowest BCUT2D eigenvalue weighted by molar-refractivity contribution is -0.133. The zero-order valence-corrected chi connectivity index (χ0v) is 18.7. The van der Waals surface area contributed by atoms with Gasteiger partial charge in [0.1, 0.15) is 5.82 Å². The SMILES string of the molecule is O=C(CN1CCN(C(=O)CCCCc2nc3ccccc3s2)CC1)Nc1ccc(F)cc1. The molecular formula is C24H27FN4O2S. The molecular weight excluding hydrogens is 427 g/mol. The second-order valence-electron chi connectivity index (χ2n) is 7.99. The van der Waals surface area contributed by atoms with Crippen LogP contribution in [0.25, 0.3) is 10.2 Å². The number of carbonyl (C=O) groups is 2. The summed E-state index contributed by atoms with van der Waals surface area (Å²) >= 11 is 1.73. The van der Waals surface area contributed by atoms with Crippen LogP contribution in [-0.4, -0.2) is 59.3 Å². The number of amides is 2. The topological polar surface area (TPSA) is 65.5 Å². The number of carbonyl (C=O) groups excluding carboxylic acids is 2. The molecule has 1 aliphatic heterocycles. The maximum Gasteiger partial charge on any atom is 0.238 e. The Morgan fingerprint density at radius 1 is 1.00 bits per heavy atom. The molecule has 1 N–H and O–H groups in total. The van der Waals surface area contributed by atoms with Crippen LogP contribution in [0.3, 0.4) is 0 Å². The number of piperazine rings is 1. The van der Waals surface area contributed by atoms with Gasteiger partial charge in [-0.25, -0.2) is 9.37 Å². The minimum Gasteiger partial charge on any atom is -0.340 e. The molecule has 1 aliphatic rings. The van der Waals surface area contributed by atoms with Gasteiger partial charge in [0.05, 0.1) is 21.8 Å². The van der Waals surface area contributed by atoms with Gasteiger partial charge < -0.3 is 10.2 Å². The number of benzene rings is 2. The van der Waals surface area contributed by atoms with E-state index in [0.29, 0.717) is 38.3 Å². The van der Waals surface area contributed by atoms with Crippen molar-refractivity contribution in [1.29, 1.82) is 0 Å².